The van der Waals surface area contributed by atoms with E-state index in [1.165, 1.54) is 23.3 Å². The number of carbonyl (C=O) groups is 1. The number of hydrogen-bond donors (Lipinski definition) is 2. The molecule has 2 aromatic rings. The van der Waals surface area contributed by atoms with E-state index in [0.29, 0.717) is 17.0 Å². The lowest BCUT2D eigenvalue weighted by atomic mass is 9.99. The molecule has 0 aliphatic heterocycles. The van der Waals surface area contributed by atoms with Gasteiger partial charge in [0.25, 0.3) is 5.91 Å². The van der Waals surface area contributed by atoms with Crippen LogP contribution in [0.5, 0.6) is 5.75 Å². The molecule has 5 heteroatoms. The van der Waals surface area contributed by atoms with Crippen LogP contribution in [0.2, 0.25) is 0 Å². The van der Waals surface area contributed by atoms with Crippen LogP contribution < -0.4 is 10.1 Å². The highest BCUT2D eigenvalue weighted by Crippen LogP contribution is 2.30. The summed E-state index contributed by atoms with van der Waals surface area (Å²) >= 11 is 1.59. The quantitative estimate of drug-likeness (QED) is 0.909. The highest BCUT2D eigenvalue weighted by molar-refractivity contribution is 7.14. The summed E-state index contributed by atoms with van der Waals surface area (Å²) in [6.45, 7) is -0.125. The molecule has 0 atom stereocenters. The standard InChI is InChI=1S/C17H19NO3S/c1-21-14-7-6-13(8-12(14)10-19)18-17(20)16-9-11-4-2-3-5-15(11)22-16/h6-9,19H,2-5,10H2,1H3,(H,18,20). The van der Waals surface area contributed by atoms with Gasteiger partial charge in [0, 0.05) is 16.1 Å². The Labute approximate surface area is 133 Å². The van der Waals surface area contributed by atoms with Crippen molar-refractivity contribution in [2.45, 2.75) is 32.3 Å². The van der Waals surface area contributed by atoms with Crippen molar-refractivity contribution in [2.24, 2.45) is 0 Å². The average Bonchev–Trinajstić information content (AvgIpc) is 2.99. The van der Waals surface area contributed by atoms with E-state index in [1.807, 2.05) is 6.07 Å². The molecule has 0 unspecified atom stereocenters. The van der Waals surface area contributed by atoms with Crippen molar-refractivity contribution in [3.05, 3.63) is 45.1 Å². The molecular formula is C17H19NO3S. The van der Waals surface area contributed by atoms with Crippen molar-refractivity contribution in [1.82, 2.24) is 0 Å². The van der Waals surface area contributed by atoms with Crippen LogP contribution in [0.3, 0.4) is 0 Å². The second-order valence-corrected chi connectivity index (χ2v) is 6.54. The number of fused-ring (bicyclic) bond motifs is 1. The maximum Gasteiger partial charge on any atom is 0.265 e. The number of nitrogens with one attached hydrogen (secondary N) is 1. The fourth-order valence-corrected chi connectivity index (χ4v) is 3.92. The molecule has 0 fully saturated rings. The fourth-order valence-electron chi connectivity index (χ4n) is 2.78. The van der Waals surface area contributed by atoms with Crippen molar-refractivity contribution in [1.29, 1.82) is 0 Å². The maximum atomic E-state index is 12.4. The molecule has 0 bridgehead atoms. The topological polar surface area (TPSA) is 58.6 Å². The van der Waals surface area contributed by atoms with Gasteiger partial charge in [-0.1, -0.05) is 0 Å². The van der Waals surface area contributed by atoms with Crippen molar-refractivity contribution in [3.63, 3.8) is 0 Å². The number of thiophene rings is 1. The van der Waals surface area contributed by atoms with Gasteiger partial charge in [0.05, 0.1) is 18.6 Å². The summed E-state index contributed by atoms with van der Waals surface area (Å²) in [5, 5.41) is 12.2. The van der Waals surface area contributed by atoms with E-state index in [-0.39, 0.29) is 12.5 Å². The van der Waals surface area contributed by atoms with Gasteiger partial charge in [-0.25, -0.2) is 0 Å². The van der Waals surface area contributed by atoms with E-state index < -0.39 is 0 Å². The van der Waals surface area contributed by atoms with Crippen LogP contribution >= 0.6 is 11.3 Å². The summed E-state index contributed by atoms with van der Waals surface area (Å²) in [5.41, 5.74) is 2.65. The van der Waals surface area contributed by atoms with Gasteiger partial charge < -0.3 is 15.2 Å². The number of amides is 1. The molecule has 0 saturated carbocycles. The molecule has 3 rings (SSSR count). The lowest BCUT2D eigenvalue weighted by Gasteiger charge is -2.09. The summed E-state index contributed by atoms with van der Waals surface area (Å²) in [4.78, 5) is 14.5. The van der Waals surface area contributed by atoms with Crippen LogP contribution in [0.15, 0.2) is 24.3 Å². The monoisotopic (exact) mass is 317 g/mol. The predicted molar refractivity (Wildman–Crippen MR) is 87.8 cm³/mol. The van der Waals surface area contributed by atoms with Gasteiger partial charge in [0.2, 0.25) is 0 Å². The zero-order chi connectivity index (χ0) is 15.5. The largest absolute Gasteiger partial charge is 0.496 e. The predicted octanol–water partition coefficient (Wildman–Crippen LogP) is 3.38. The molecule has 0 saturated heterocycles. The molecule has 4 nitrogen and oxygen atoms in total. The minimum absolute atomic E-state index is 0.0894. The van der Waals surface area contributed by atoms with Gasteiger partial charge >= 0.3 is 0 Å². The number of aryl methyl sites for hydroxylation is 2. The first-order valence-corrected chi connectivity index (χ1v) is 8.23. The third kappa shape index (κ3) is 3.00. The normalized spacial score (nSPS) is 13.5. The number of methoxy groups -OCH3 is 1. The number of ether oxygens (including phenoxy) is 1. The van der Waals surface area contributed by atoms with E-state index >= 15 is 0 Å². The molecule has 22 heavy (non-hydrogen) atoms. The SMILES string of the molecule is COc1ccc(NC(=O)c2cc3c(s2)CCCC3)cc1CO. The van der Waals surface area contributed by atoms with Gasteiger partial charge in [-0.3, -0.25) is 4.79 Å². The van der Waals surface area contributed by atoms with Crippen molar-refractivity contribution >= 4 is 22.9 Å². The molecule has 0 radical (unpaired) electrons. The number of anilines is 1. The number of aliphatic hydroxyl groups excluding tert-OH is 1. The fraction of sp³-hybridized carbons (Fsp3) is 0.353. The second-order valence-electron chi connectivity index (χ2n) is 5.41. The first kappa shape index (κ1) is 15.1. The zero-order valence-corrected chi connectivity index (χ0v) is 13.3. The summed E-state index contributed by atoms with van der Waals surface area (Å²) in [6.07, 6.45) is 4.59. The zero-order valence-electron chi connectivity index (χ0n) is 12.5. The van der Waals surface area contributed by atoms with E-state index in [1.54, 1.807) is 36.6 Å². The van der Waals surface area contributed by atoms with Crippen LogP contribution in [-0.2, 0) is 19.4 Å². The third-order valence-electron chi connectivity index (χ3n) is 3.93. The minimum Gasteiger partial charge on any atom is -0.496 e. The molecule has 116 valence electrons. The second kappa shape index (κ2) is 6.50. The van der Waals surface area contributed by atoms with Gasteiger partial charge in [0.15, 0.2) is 0 Å². The Morgan fingerprint density at radius 3 is 2.86 bits per heavy atom. The van der Waals surface area contributed by atoms with Crippen LogP contribution in [0.4, 0.5) is 5.69 Å². The Morgan fingerprint density at radius 1 is 1.32 bits per heavy atom. The summed E-state index contributed by atoms with van der Waals surface area (Å²) in [7, 11) is 1.56. The first-order valence-electron chi connectivity index (χ1n) is 7.42. The van der Waals surface area contributed by atoms with Crippen molar-refractivity contribution in [3.8, 4) is 5.75 Å². The number of rotatable bonds is 4. The Kier molecular flexibility index (Phi) is 4.45. The van der Waals surface area contributed by atoms with Crippen LogP contribution in [0.1, 0.15) is 38.5 Å². The van der Waals surface area contributed by atoms with Crippen molar-refractivity contribution < 1.29 is 14.6 Å². The third-order valence-corrected chi connectivity index (χ3v) is 5.16. The summed E-state index contributed by atoms with van der Waals surface area (Å²) in [5.74, 6) is 0.528. The first-order chi connectivity index (χ1) is 10.7. The van der Waals surface area contributed by atoms with E-state index in [4.69, 9.17) is 4.74 Å². The molecule has 1 aliphatic carbocycles. The molecule has 1 aliphatic rings. The van der Waals surface area contributed by atoms with Crippen LogP contribution in [0, 0.1) is 0 Å². The Hall–Kier alpha value is -1.85. The molecule has 0 spiro atoms. The summed E-state index contributed by atoms with van der Waals surface area (Å²) in [6, 6.07) is 7.29. The highest BCUT2D eigenvalue weighted by atomic mass is 32.1. The maximum absolute atomic E-state index is 12.4. The van der Waals surface area contributed by atoms with Crippen molar-refractivity contribution in [2.75, 3.05) is 12.4 Å². The lowest BCUT2D eigenvalue weighted by molar-refractivity contribution is 0.103. The minimum atomic E-state index is -0.125. The van der Waals surface area contributed by atoms with Crippen LogP contribution in [0.25, 0.3) is 0 Å². The Bertz CT molecular complexity index is 670. The number of hydrogen-bond acceptors (Lipinski definition) is 4. The highest BCUT2D eigenvalue weighted by Gasteiger charge is 2.17. The Balaban J connectivity index is 1.77. The molecule has 1 amide bonds. The van der Waals surface area contributed by atoms with Crippen LogP contribution in [-0.4, -0.2) is 18.1 Å². The summed E-state index contributed by atoms with van der Waals surface area (Å²) < 4.78 is 5.17. The van der Waals surface area contributed by atoms with Gasteiger partial charge in [-0.2, -0.15) is 0 Å². The molecule has 1 aromatic heterocycles. The molecule has 1 aromatic carbocycles. The number of benzene rings is 1. The van der Waals surface area contributed by atoms with E-state index in [0.717, 1.165) is 17.7 Å². The van der Waals surface area contributed by atoms with Gasteiger partial charge in [-0.15, -0.1) is 11.3 Å². The molecule has 2 N–H and O–H groups in total. The molecule has 1 heterocycles. The number of carbonyl (C=O) groups excluding carboxylic acids is 1. The van der Waals surface area contributed by atoms with Gasteiger partial charge in [-0.05, 0) is 55.5 Å². The molecular weight excluding hydrogens is 298 g/mol. The van der Waals surface area contributed by atoms with E-state index in [2.05, 4.69) is 5.32 Å². The number of aliphatic hydroxyl groups is 1. The van der Waals surface area contributed by atoms with E-state index in [9.17, 15) is 9.90 Å². The Morgan fingerprint density at radius 2 is 2.14 bits per heavy atom. The van der Waals surface area contributed by atoms with Gasteiger partial charge in [0.1, 0.15) is 5.75 Å². The lowest BCUT2D eigenvalue weighted by Crippen LogP contribution is -2.10. The average molecular weight is 317 g/mol. The smallest absolute Gasteiger partial charge is 0.265 e.